The summed E-state index contributed by atoms with van der Waals surface area (Å²) in [4.78, 5) is 10.7. The summed E-state index contributed by atoms with van der Waals surface area (Å²) >= 11 is 0. The molecule has 2 rings (SSSR count). The van der Waals surface area contributed by atoms with E-state index < -0.39 is 16.0 Å². The number of nitrogens with zero attached hydrogens (tertiary/aromatic N) is 1. The predicted octanol–water partition coefficient (Wildman–Crippen LogP) is 1.79. The van der Waals surface area contributed by atoms with E-state index in [0.717, 1.165) is 18.9 Å². The third-order valence-corrected chi connectivity index (χ3v) is 5.27. The van der Waals surface area contributed by atoms with Gasteiger partial charge in [-0.05, 0) is 37.8 Å². The first kappa shape index (κ1) is 14.1. The van der Waals surface area contributed by atoms with Gasteiger partial charge in [-0.3, -0.25) is 0 Å². The van der Waals surface area contributed by atoms with Crippen molar-refractivity contribution in [2.75, 3.05) is 6.54 Å². The van der Waals surface area contributed by atoms with Crippen LogP contribution in [0.4, 0.5) is 0 Å². The number of sulfonamides is 1. The molecular formula is C12H17NO5S. The second-order valence-electron chi connectivity index (χ2n) is 5.03. The summed E-state index contributed by atoms with van der Waals surface area (Å²) in [5.41, 5.74) is 0. The van der Waals surface area contributed by atoms with Gasteiger partial charge in [-0.1, -0.05) is 6.92 Å². The van der Waals surface area contributed by atoms with Crippen molar-refractivity contribution in [2.45, 2.75) is 37.8 Å². The fourth-order valence-electron chi connectivity index (χ4n) is 2.27. The van der Waals surface area contributed by atoms with Gasteiger partial charge in [0.1, 0.15) is 0 Å². The summed E-state index contributed by atoms with van der Waals surface area (Å²) < 4.78 is 31.1. The lowest BCUT2D eigenvalue weighted by Crippen LogP contribution is -2.44. The zero-order chi connectivity index (χ0) is 14.2. The lowest BCUT2D eigenvalue weighted by atomic mass is 9.97. The second-order valence-corrected chi connectivity index (χ2v) is 6.85. The average molecular weight is 287 g/mol. The first-order valence-electron chi connectivity index (χ1n) is 6.17. The van der Waals surface area contributed by atoms with Crippen LogP contribution in [0.3, 0.4) is 0 Å². The number of piperidine rings is 1. The van der Waals surface area contributed by atoms with E-state index in [1.165, 1.54) is 10.4 Å². The molecule has 7 heteroatoms. The van der Waals surface area contributed by atoms with E-state index >= 15 is 0 Å². The Hall–Kier alpha value is -1.34. The van der Waals surface area contributed by atoms with Crippen molar-refractivity contribution >= 4 is 16.0 Å². The van der Waals surface area contributed by atoms with Crippen LogP contribution in [0, 0.1) is 5.92 Å². The Morgan fingerprint density at radius 3 is 2.63 bits per heavy atom. The van der Waals surface area contributed by atoms with Crippen molar-refractivity contribution in [2.24, 2.45) is 5.92 Å². The first-order chi connectivity index (χ1) is 8.82. The zero-order valence-corrected chi connectivity index (χ0v) is 11.7. The molecule has 0 radical (unpaired) electrons. The standard InChI is InChI=1S/C12H17NO5S/c1-8-3-4-9(2)13(7-8)19(16,17)11-6-5-10(18-11)12(14)15/h5-6,8-9H,3-4,7H2,1-2H3,(H,14,15). The van der Waals surface area contributed by atoms with Gasteiger partial charge in [0.2, 0.25) is 10.9 Å². The van der Waals surface area contributed by atoms with Crippen molar-refractivity contribution in [3.63, 3.8) is 0 Å². The Morgan fingerprint density at radius 2 is 2.05 bits per heavy atom. The summed E-state index contributed by atoms with van der Waals surface area (Å²) in [6.07, 6.45) is 1.79. The monoisotopic (exact) mass is 287 g/mol. The van der Waals surface area contributed by atoms with Gasteiger partial charge in [0.05, 0.1) is 0 Å². The number of rotatable bonds is 3. The Bertz CT molecular complexity index is 577. The molecular weight excluding hydrogens is 270 g/mol. The number of furan rings is 1. The highest BCUT2D eigenvalue weighted by Gasteiger charge is 2.35. The van der Waals surface area contributed by atoms with E-state index in [1.54, 1.807) is 0 Å². The largest absolute Gasteiger partial charge is 0.475 e. The van der Waals surface area contributed by atoms with Gasteiger partial charge < -0.3 is 9.52 Å². The first-order valence-corrected chi connectivity index (χ1v) is 7.61. The fourth-order valence-corrected chi connectivity index (χ4v) is 3.97. The third-order valence-electron chi connectivity index (χ3n) is 3.42. The predicted molar refractivity (Wildman–Crippen MR) is 67.4 cm³/mol. The van der Waals surface area contributed by atoms with Crippen LogP contribution in [-0.4, -0.2) is 36.4 Å². The molecule has 0 bridgehead atoms. The van der Waals surface area contributed by atoms with E-state index in [9.17, 15) is 13.2 Å². The van der Waals surface area contributed by atoms with Crippen LogP contribution in [0.25, 0.3) is 0 Å². The molecule has 0 spiro atoms. The van der Waals surface area contributed by atoms with E-state index in [1.807, 2.05) is 13.8 Å². The molecule has 106 valence electrons. The van der Waals surface area contributed by atoms with Gasteiger partial charge in [0.25, 0.3) is 10.0 Å². The summed E-state index contributed by atoms with van der Waals surface area (Å²) in [7, 11) is -3.75. The molecule has 0 amide bonds. The van der Waals surface area contributed by atoms with Crippen LogP contribution in [0.1, 0.15) is 37.2 Å². The Morgan fingerprint density at radius 1 is 1.37 bits per heavy atom. The third kappa shape index (κ3) is 2.66. The summed E-state index contributed by atoms with van der Waals surface area (Å²) in [6.45, 7) is 4.29. The van der Waals surface area contributed by atoms with Gasteiger partial charge >= 0.3 is 5.97 Å². The quantitative estimate of drug-likeness (QED) is 0.915. The molecule has 1 aromatic heterocycles. The molecule has 1 aromatic rings. The van der Waals surface area contributed by atoms with E-state index in [2.05, 4.69) is 0 Å². The van der Waals surface area contributed by atoms with Crippen molar-refractivity contribution in [1.82, 2.24) is 4.31 Å². The molecule has 2 heterocycles. The highest BCUT2D eigenvalue weighted by molar-refractivity contribution is 7.89. The molecule has 0 aliphatic carbocycles. The van der Waals surface area contributed by atoms with Crippen molar-refractivity contribution in [3.05, 3.63) is 17.9 Å². The molecule has 2 atom stereocenters. The molecule has 1 aliphatic heterocycles. The number of aromatic carboxylic acids is 1. The molecule has 19 heavy (non-hydrogen) atoms. The van der Waals surface area contributed by atoms with Crippen LogP contribution < -0.4 is 0 Å². The van der Waals surface area contributed by atoms with Gasteiger partial charge in [-0.15, -0.1) is 0 Å². The molecule has 1 saturated heterocycles. The summed E-state index contributed by atoms with van der Waals surface area (Å²) in [5.74, 6) is -1.35. The summed E-state index contributed by atoms with van der Waals surface area (Å²) in [6, 6.07) is 2.26. The molecule has 0 aromatic carbocycles. The van der Waals surface area contributed by atoms with Crippen LogP contribution in [0.15, 0.2) is 21.6 Å². The van der Waals surface area contributed by atoms with Gasteiger partial charge in [0.15, 0.2) is 0 Å². The lowest BCUT2D eigenvalue weighted by molar-refractivity contribution is 0.0656. The van der Waals surface area contributed by atoms with Gasteiger partial charge in [0, 0.05) is 12.6 Å². The fraction of sp³-hybridized carbons (Fsp3) is 0.583. The number of hydrogen-bond donors (Lipinski definition) is 1. The number of carboxylic acid groups (broad SMARTS) is 1. The molecule has 1 N–H and O–H groups in total. The molecule has 0 saturated carbocycles. The maximum Gasteiger partial charge on any atom is 0.371 e. The highest BCUT2D eigenvalue weighted by Crippen LogP contribution is 2.28. The van der Waals surface area contributed by atoms with E-state index in [0.29, 0.717) is 12.5 Å². The highest BCUT2D eigenvalue weighted by atomic mass is 32.2. The van der Waals surface area contributed by atoms with E-state index in [4.69, 9.17) is 9.52 Å². The minimum atomic E-state index is -3.75. The Balaban J connectivity index is 2.32. The molecule has 2 unspecified atom stereocenters. The summed E-state index contributed by atoms with van der Waals surface area (Å²) in [5, 5.41) is 8.47. The molecule has 1 aliphatic rings. The van der Waals surface area contributed by atoms with Crippen LogP contribution >= 0.6 is 0 Å². The van der Waals surface area contributed by atoms with Crippen LogP contribution in [0.2, 0.25) is 0 Å². The maximum atomic E-state index is 12.4. The van der Waals surface area contributed by atoms with Crippen molar-refractivity contribution in [3.8, 4) is 0 Å². The van der Waals surface area contributed by atoms with Gasteiger partial charge in [-0.2, -0.15) is 4.31 Å². The minimum Gasteiger partial charge on any atom is -0.475 e. The molecule has 6 nitrogen and oxygen atoms in total. The average Bonchev–Trinajstić information content (AvgIpc) is 2.82. The van der Waals surface area contributed by atoms with Crippen LogP contribution in [0.5, 0.6) is 0 Å². The normalized spacial score (nSPS) is 25.4. The Kier molecular flexibility index (Phi) is 3.69. The van der Waals surface area contributed by atoms with Crippen molar-refractivity contribution in [1.29, 1.82) is 0 Å². The SMILES string of the molecule is CC1CCC(C)N(S(=O)(=O)c2ccc(C(=O)O)o2)C1. The smallest absolute Gasteiger partial charge is 0.371 e. The topological polar surface area (TPSA) is 87.8 Å². The maximum absolute atomic E-state index is 12.4. The van der Waals surface area contributed by atoms with E-state index in [-0.39, 0.29) is 16.9 Å². The number of hydrogen-bond acceptors (Lipinski definition) is 4. The zero-order valence-electron chi connectivity index (χ0n) is 10.9. The number of carbonyl (C=O) groups is 1. The molecule has 1 fully saturated rings. The van der Waals surface area contributed by atoms with Crippen molar-refractivity contribution < 1.29 is 22.7 Å². The minimum absolute atomic E-state index is 0.0976. The van der Waals surface area contributed by atoms with Crippen LogP contribution in [-0.2, 0) is 10.0 Å². The lowest BCUT2D eigenvalue weighted by Gasteiger charge is -2.34. The second kappa shape index (κ2) is 4.97. The van der Waals surface area contributed by atoms with Gasteiger partial charge in [-0.25, -0.2) is 13.2 Å². The Labute approximate surface area is 112 Å². The number of carboxylic acids is 1.